The van der Waals surface area contributed by atoms with Crippen LogP contribution in [0, 0.1) is 10.1 Å². The Kier molecular flexibility index (Phi) is 13.5. The monoisotopic (exact) mass is 884 g/mol. The zero-order valence-electron chi connectivity index (χ0n) is 32.8. The van der Waals surface area contributed by atoms with Gasteiger partial charge in [0, 0.05) is 86.3 Å². The van der Waals surface area contributed by atoms with Gasteiger partial charge < -0.3 is 15.0 Å². The van der Waals surface area contributed by atoms with Gasteiger partial charge in [-0.05, 0) is 77.0 Å². The van der Waals surface area contributed by atoms with E-state index < -0.39 is 14.9 Å². The van der Waals surface area contributed by atoms with Crippen LogP contribution in [-0.2, 0) is 21.3 Å². The number of fused-ring (bicyclic) bond motifs is 1. The van der Waals surface area contributed by atoms with E-state index in [2.05, 4.69) is 65.0 Å². The molecule has 8 rings (SSSR count). The van der Waals surface area contributed by atoms with Crippen molar-refractivity contribution in [1.29, 1.82) is 0 Å². The first-order chi connectivity index (χ1) is 29.2. The number of nitro benzene ring substituents is 1. The van der Waals surface area contributed by atoms with Crippen molar-refractivity contribution in [2.24, 2.45) is 0 Å². The number of nitrogens with zero attached hydrogens (tertiary/aromatic N) is 6. The van der Waals surface area contributed by atoms with E-state index in [0.29, 0.717) is 34.9 Å². The number of nitrogens with one attached hydrogen (secondary N) is 2. The third-order valence-corrected chi connectivity index (χ3v) is 14.7. The number of morpholine rings is 1. The van der Waals surface area contributed by atoms with Crippen molar-refractivity contribution in [3.05, 3.63) is 129 Å². The van der Waals surface area contributed by atoms with Crippen LogP contribution in [0.3, 0.4) is 0 Å². The highest BCUT2D eigenvalue weighted by Gasteiger charge is 2.26. The van der Waals surface area contributed by atoms with Gasteiger partial charge >= 0.3 is 0 Å². The number of thioether (sulfide) groups is 1. The summed E-state index contributed by atoms with van der Waals surface area (Å²) in [6.07, 6.45) is 2.06. The zero-order valence-corrected chi connectivity index (χ0v) is 36.0. The molecule has 2 aliphatic rings. The number of hydrogen-bond acceptors (Lipinski definition) is 13. The standard InChI is InChI=1S/C43H45ClN8O5S3/c44-33-8-11-37(31-5-2-1-3-6-31)32(25-33)28-50-16-18-51(19-17-50)35-9-12-38-40(26-35)45-30-46-43(38)48-60(55,56)36-10-13-39(41(27-36)52(53)54)47-34(29-59-42-7-4-24-58-42)14-15-49-20-22-57-23-21-49/h1-13,24-27,30,34,47H,14-23,28-29H2,(H,45,46,48)/t34-/m1/s1. The predicted octanol–water partition coefficient (Wildman–Crippen LogP) is 8.34. The maximum Gasteiger partial charge on any atom is 0.293 e. The lowest BCUT2D eigenvalue weighted by Crippen LogP contribution is -2.46. The number of aromatic nitrogens is 2. The van der Waals surface area contributed by atoms with E-state index >= 15 is 0 Å². The van der Waals surface area contributed by atoms with Gasteiger partial charge in [-0.2, -0.15) is 0 Å². The molecule has 17 heteroatoms. The highest BCUT2D eigenvalue weighted by Crippen LogP contribution is 2.33. The molecule has 0 unspecified atom stereocenters. The molecule has 0 spiro atoms. The summed E-state index contributed by atoms with van der Waals surface area (Å²) < 4.78 is 36.8. The molecular weight excluding hydrogens is 840 g/mol. The number of rotatable bonds is 16. The molecule has 13 nitrogen and oxygen atoms in total. The molecule has 2 saturated heterocycles. The van der Waals surface area contributed by atoms with Crippen LogP contribution in [0.15, 0.2) is 118 Å². The first kappa shape index (κ1) is 41.9. The molecule has 4 aromatic carbocycles. The Bertz CT molecular complexity index is 2520. The van der Waals surface area contributed by atoms with Crippen molar-refractivity contribution in [1.82, 2.24) is 19.8 Å². The Morgan fingerprint density at radius 1 is 0.900 bits per heavy atom. The fraction of sp³-hybridized carbons (Fsp3) is 0.302. The molecule has 2 aliphatic heterocycles. The second kappa shape index (κ2) is 19.3. The molecule has 312 valence electrons. The van der Waals surface area contributed by atoms with Gasteiger partial charge in [0.25, 0.3) is 15.7 Å². The Labute approximate surface area is 362 Å². The lowest BCUT2D eigenvalue weighted by atomic mass is 9.99. The fourth-order valence-electron chi connectivity index (χ4n) is 7.57. The summed E-state index contributed by atoms with van der Waals surface area (Å²) in [4.78, 5) is 27.4. The molecule has 1 atom stereocenters. The average molecular weight is 886 g/mol. The Morgan fingerprint density at radius 3 is 2.48 bits per heavy atom. The van der Waals surface area contributed by atoms with Crippen LogP contribution in [0.4, 0.5) is 22.9 Å². The molecule has 2 fully saturated rings. The van der Waals surface area contributed by atoms with Crippen LogP contribution in [0.2, 0.25) is 5.02 Å². The van der Waals surface area contributed by atoms with Gasteiger partial charge in [0.05, 0.1) is 32.8 Å². The minimum Gasteiger partial charge on any atom is -0.379 e. The number of nitro groups is 1. The topological polar surface area (TPSA) is 146 Å². The third kappa shape index (κ3) is 10.4. The summed E-state index contributed by atoms with van der Waals surface area (Å²) in [6.45, 7) is 7.92. The van der Waals surface area contributed by atoms with E-state index in [0.717, 1.165) is 80.3 Å². The first-order valence-electron chi connectivity index (χ1n) is 19.8. The summed E-state index contributed by atoms with van der Waals surface area (Å²) in [5, 5.41) is 19.0. The number of hydrogen-bond donors (Lipinski definition) is 2. The molecule has 0 aliphatic carbocycles. The average Bonchev–Trinajstić information content (AvgIpc) is 3.79. The summed E-state index contributed by atoms with van der Waals surface area (Å²) in [7, 11) is -4.27. The van der Waals surface area contributed by atoms with Crippen LogP contribution < -0.4 is 14.9 Å². The number of piperazine rings is 1. The fourth-order valence-corrected chi connectivity index (χ4v) is 10.7. The molecule has 0 saturated carbocycles. The highest BCUT2D eigenvalue weighted by atomic mass is 35.5. The lowest BCUT2D eigenvalue weighted by Gasteiger charge is -2.36. The van der Waals surface area contributed by atoms with Crippen molar-refractivity contribution in [3.63, 3.8) is 0 Å². The second-order valence-electron chi connectivity index (χ2n) is 14.7. The Morgan fingerprint density at radius 2 is 1.72 bits per heavy atom. The van der Waals surface area contributed by atoms with Crippen LogP contribution in [0.25, 0.3) is 22.0 Å². The van der Waals surface area contributed by atoms with E-state index in [-0.39, 0.29) is 28.1 Å². The minimum atomic E-state index is -4.27. The van der Waals surface area contributed by atoms with Gasteiger partial charge in [-0.1, -0.05) is 54.1 Å². The number of halogens is 1. The molecule has 60 heavy (non-hydrogen) atoms. The number of ether oxygens (including phenoxy) is 1. The molecule has 0 radical (unpaired) electrons. The van der Waals surface area contributed by atoms with Crippen LogP contribution in [-0.4, -0.2) is 104 Å². The third-order valence-electron chi connectivity index (χ3n) is 10.8. The van der Waals surface area contributed by atoms with Gasteiger partial charge in [-0.3, -0.25) is 24.6 Å². The van der Waals surface area contributed by atoms with Gasteiger partial charge in [0.2, 0.25) is 0 Å². The second-order valence-corrected chi connectivity index (χ2v) is 19.1. The maximum atomic E-state index is 13.8. The first-order valence-corrected chi connectivity index (χ1v) is 23.5. The van der Waals surface area contributed by atoms with E-state index in [4.69, 9.17) is 16.3 Å². The van der Waals surface area contributed by atoms with E-state index in [9.17, 15) is 18.5 Å². The molecule has 2 aromatic heterocycles. The van der Waals surface area contributed by atoms with Crippen molar-refractivity contribution < 1.29 is 18.1 Å². The Hall–Kier alpha value is -4.81. The van der Waals surface area contributed by atoms with Crippen molar-refractivity contribution in [3.8, 4) is 11.1 Å². The summed E-state index contributed by atoms with van der Waals surface area (Å²) in [5.74, 6) is 0.771. The maximum absolute atomic E-state index is 13.8. The zero-order chi connectivity index (χ0) is 41.5. The van der Waals surface area contributed by atoms with E-state index in [1.165, 1.54) is 29.6 Å². The molecule has 0 amide bonds. The highest BCUT2D eigenvalue weighted by molar-refractivity contribution is 8.01. The van der Waals surface area contributed by atoms with Crippen LogP contribution in [0.1, 0.15) is 12.0 Å². The lowest BCUT2D eigenvalue weighted by molar-refractivity contribution is -0.384. The van der Waals surface area contributed by atoms with Crippen molar-refractivity contribution in [2.45, 2.75) is 28.1 Å². The van der Waals surface area contributed by atoms with Gasteiger partial charge in [0.15, 0.2) is 5.82 Å². The van der Waals surface area contributed by atoms with Crippen molar-refractivity contribution in [2.75, 3.05) is 79.7 Å². The quantitative estimate of drug-likeness (QED) is 0.0548. The molecular formula is C43H45ClN8O5S3. The minimum absolute atomic E-state index is 0.0887. The molecule has 2 N–H and O–H groups in total. The van der Waals surface area contributed by atoms with E-state index in [1.54, 1.807) is 23.1 Å². The smallest absolute Gasteiger partial charge is 0.293 e. The number of anilines is 3. The normalized spacial score (nSPS) is 15.8. The van der Waals surface area contributed by atoms with Gasteiger partial charge in [-0.15, -0.1) is 23.1 Å². The van der Waals surface area contributed by atoms with Crippen molar-refractivity contribution >= 4 is 78.5 Å². The van der Waals surface area contributed by atoms with Gasteiger partial charge in [-0.25, -0.2) is 18.4 Å². The predicted molar refractivity (Wildman–Crippen MR) is 242 cm³/mol. The summed E-state index contributed by atoms with van der Waals surface area (Å²) in [6, 6.07) is 30.0. The molecule has 0 bridgehead atoms. The number of thiophene rings is 1. The molecule has 4 heterocycles. The van der Waals surface area contributed by atoms with Crippen LogP contribution >= 0.6 is 34.7 Å². The van der Waals surface area contributed by atoms with Gasteiger partial charge in [0.1, 0.15) is 12.0 Å². The Balaban J connectivity index is 0.937. The summed E-state index contributed by atoms with van der Waals surface area (Å²) in [5.41, 5.74) is 5.01. The number of benzene rings is 4. The number of sulfonamides is 1. The SMILES string of the molecule is O=[N+]([O-])c1cc(S(=O)(=O)Nc2ncnc3cc(N4CCN(Cc5cc(Cl)ccc5-c5ccccc5)CC4)ccc23)ccc1N[C@H](CCN1CCOCC1)CSc1cccs1. The largest absolute Gasteiger partial charge is 0.379 e. The summed E-state index contributed by atoms with van der Waals surface area (Å²) >= 11 is 9.77. The van der Waals surface area contributed by atoms with Crippen LogP contribution in [0.5, 0.6) is 0 Å². The van der Waals surface area contributed by atoms with E-state index in [1.807, 2.05) is 53.9 Å². The molecule has 6 aromatic rings.